The van der Waals surface area contributed by atoms with Crippen molar-refractivity contribution in [1.82, 2.24) is 5.43 Å². The number of hydrogen-bond donors (Lipinski definition) is 1. The largest absolute Gasteiger partial charge is 0.312 e. The van der Waals surface area contributed by atoms with Crippen LogP contribution in [-0.4, -0.2) is 24.6 Å². The van der Waals surface area contributed by atoms with E-state index in [9.17, 15) is 9.59 Å². The predicted molar refractivity (Wildman–Crippen MR) is 116 cm³/mol. The number of fused-ring (bicyclic) bond motifs is 2. The standard InChI is InChI=1S/C24H23N3O2/c28-23(26-25-17-20-10-5-9-18-7-1-3-12-21(18)20)14-15-24(29)27-16-6-11-19-8-2-4-13-22(19)27/h1-5,7-10,12-13,17H,6,11,14-16H2,(H,26,28). The fourth-order valence-electron chi connectivity index (χ4n) is 3.74. The number of benzene rings is 3. The van der Waals surface area contributed by atoms with E-state index in [-0.39, 0.29) is 24.7 Å². The van der Waals surface area contributed by atoms with Crippen molar-refractivity contribution in [3.8, 4) is 0 Å². The lowest BCUT2D eigenvalue weighted by Gasteiger charge is -2.29. The van der Waals surface area contributed by atoms with Gasteiger partial charge in [0.05, 0.1) is 6.21 Å². The molecule has 1 aliphatic rings. The molecule has 0 saturated carbocycles. The molecule has 0 atom stereocenters. The van der Waals surface area contributed by atoms with Gasteiger partial charge in [0, 0.05) is 30.6 Å². The van der Waals surface area contributed by atoms with Crippen molar-refractivity contribution in [2.45, 2.75) is 25.7 Å². The zero-order valence-electron chi connectivity index (χ0n) is 16.2. The number of hydrazone groups is 1. The Morgan fingerprint density at radius 2 is 1.76 bits per heavy atom. The van der Waals surface area contributed by atoms with Crippen molar-refractivity contribution >= 4 is 34.5 Å². The van der Waals surface area contributed by atoms with Gasteiger partial charge >= 0.3 is 0 Å². The summed E-state index contributed by atoms with van der Waals surface area (Å²) in [5.41, 5.74) is 5.63. The maximum absolute atomic E-state index is 12.6. The smallest absolute Gasteiger partial charge is 0.240 e. The molecule has 0 unspecified atom stereocenters. The fraction of sp³-hybridized carbons (Fsp3) is 0.208. The van der Waals surface area contributed by atoms with E-state index in [1.165, 1.54) is 5.56 Å². The number of aryl methyl sites for hydroxylation is 1. The third-order valence-corrected chi connectivity index (χ3v) is 5.19. The average molecular weight is 385 g/mol. The second-order valence-electron chi connectivity index (χ2n) is 7.14. The van der Waals surface area contributed by atoms with Crippen LogP contribution in [-0.2, 0) is 16.0 Å². The number of carbonyl (C=O) groups excluding carboxylic acids is 2. The van der Waals surface area contributed by atoms with Crippen molar-refractivity contribution in [3.05, 3.63) is 77.9 Å². The molecule has 1 heterocycles. The summed E-state index contributed by atoms with van der Waals surface area (Å²) in [5.74, 6) is -0.287. The van der Waals surface area contributed by atoms with Gasteiger partial charge in [0.25, 0.3) is 0 Å². The van der Waals surface area contributed by atoms with Gasteiger partial charge in [0.15, 0.2) is 0 Å². The molecule has 146 valence electrons. The highest BCUT2D eigenvalue weighted by Gasteiger charge is 2.22. The Hall–Kier alpha value is -3.47. The summed E-state index contributed by atoms with van der Waals surface area (Å²) in [6, 6.07) is 21.9. The Kier molecular flexibility index (Phi) is 5.66. The highest BCUT2D eigenvalue weighted by Crippen LogP contribution is 2.27. The first-order chi connectivity index (χ1) is 14.2. The Morgan fingerprint density at radius 3 is 2.69 bits per heavy atom. The van der Waals surface area contributed by atoms with Crippen LogP contribution in [0.4, 0.5) is 5.69 Å². The number of amides is 2. The van der Waals surface area contributed by atoms with Crippen molar-refractivity contribution < 1.29 is 9.59 Å². The van der Waals surface area contributed by atoms with Gasteiger partial charge in [-0.25, -0.2) is 5.43 Å². The SMILES string of the molecule is O=C(CCC(=O)N1CCCc2ccccc21)NN=Cc1cccc2ccccc12. The quantitative estimate of drug-likeness (QED) is 0.532. The number of hydrogen-bond acceptors (Lipinski definition) is 3. The second kappa shape index (κ2) is 8.69. The molecule has 3 aromatic rings. The molecule has 1 N–H and O–H groups in total. The zero-order chi connectivity index (χ0) is 20.1. The molecule has 5 heteroatoms. The van der Waals surface area contributed by atoms with Gasteiger partial charge in [-0.3, -0.25) is 9.59 Å². The fourth-order valence-corrected chi connectivity index (χ4v) is 3.74. The maximum atomic E-state index is 12.6. The van der Waals surface area contributed by atoms with Crippen LogP contribution in [0.1, 0.15) is 30.4 Å². The molecular weight excluding hydrogens is 362 g/mol. The lowest BCUT2D eigenvalue weighted by molar-refractivity contribution is -0.125. The van der Waals surface area contributed by atoms with E-state index >= 15 is 0 Å². The average Bonchev–Trinajstić information content (AvgIpc) is 2.77. The van der Waals surface area contributed by atoms with Crippen LogP contribution in [0.3, 0.4) is 0 Å². The van der Waals surface area contributed by atoms with Crippen molar-refractivity contribution in [1.29, 1.82) is 0 Å². The van der Waals surface area contributed by atoms with Gasteiger partial charge in [-0.05, 0) is 35.2 Å². The minimum absolute atomic E-state index is 0.0228. The minimum atomic E-state index is -0.264. The molecule has 0 radical (unpaired) electrons. The van der Waals surface area contributed by atoms with E-state index in [1.54, 1.807) is 11.1 Å². The van der Waals surface area contributed by atoms with Crippen LogP contribution >= 0.6 is 0 Å². The summed E-state index contributed by atoms with van der Waals surface area (Å²) >= 11 is 0. The Morgan fingerprint density at radius 1 is 0.966 bits per heavy atom. The van der Waals surface area contributed by atoms with Crippen LogP contribution in [0, 0.1) is 0 Å². The van der Waals surface area contributed by atoms with E-state index in [1.807, 2.05) is 60.7 Å². The summed E-state index contributed by atoms with van der Waals surface area (Å²) in [7, 11) is 0. The molecule has 29 heavy (non-hydrogen) atoms. The lowest BCUT2D eigenvalue weighted by atomic mass is 10.0. The molecule has 4 rings (SSSR count). The van der Waals surface area contributed by atoms with Gasteiger partial charge in [-0.2, -0.15) is 5.10 Å². The molecule has 3 aromatic carbocycles. The molecule has 0 saturated heterocycles. The molecule has 5 nitrogen and oxygen atoms in total. The number of carbonyl (C=O) groups is 2. The molecule has 0 fully saturated rings. The van der Waals surface area contributed by atoms with E-state index in [2.05, 4.69) is 16.6 Å². The predicted octanol–water partition coefficient (Wildman–Crippen LogP) is 4.05. The topological polar surface area (TPSA) is 61.8 Å². The summed E-state index contributed by atoms with van der Waals surface area (Å²) in [6.45, 7) is 0.705. The summed E-state index contributed by atoms with van der Waals surface area (Å²) in [4.78, 5) is 26.5. The lowest BCUT2D eigenvalue weighted by Crippen LogP contribution is -2.36. The maximum Gasteiger partial charge on any atom is 0.240 e. The number of para-hydroxylation sites is 1. The summed E-state index contributed by atoms with van der Waals surface area (Å²) < 4.78 is 0. The van der Waals surface area contributed by atoms with E-state index in [0.717, 1.165) is 34.9 Å². The van der Waals surface area contributed by atoms with Gasteiger partial charge in [0.2, 0.25) is 11.8 Å². The first kappa shape index (κ1) is 18.9. The molecule has 2 amide bonds. The molecule has 1 aliphatic heterocycles. The monoisotopic (exact) mass is 385 g/mol. The molecule has 0 bridgehead atoms. The van der Waals surface area contributed by atoms with Gasteiger partial charge in [0.1, 0.15) is 0 Å². The number of nitrogens with zero attached hydrogens (tertiary/aromatic N) is 2. The van der Waals surface area contributed by atoms with Crippen molar-refractivity contribution in [2.24, 2.45) is 5.10 Å². The Labute approximate surface area is 170 Å². The number of anilines is 1. The van der Waals surface area contributed by atoms with Crippen LogP contribution < -0.4 is 10.3 Å². The van der Waals surface area contributed by atoms with E-state index in [0.29, 0.717) is 6.54 Å². The highest BCUT2D eigenvalue weighted by atomic mass is 16.2. The second-order valence-corrected chi connectivity index (χ2v) is 7.14. The summed E-state index contributed by atoms with van der Waals surface area (Å²) in [5, 5.41) is 6.27. The first-order valence-corrected chi connectivity index (χ1v) is 9.90. The minimum Gasteiger partial charge on any atom is -0.312 e. The van der Waals surface area contributed by atoms with E-state index < -0.39 is 0 Å². The van der Waals surface area contributed by atoms with Gasteiger partial charge in [-0.15, -0.1) is 0 Å². The molecule has 0 aromatic heterocycles. The van der Waals surface area contributed by atoms with Crippen molar-refractivity contribution in [2.75, 3.05) is 11.4 Å². The number of rotatable bonds is 5. The van der Waals surface area contributed by atoms with Crippen LogP contribution in [0.25, 0.3) is 10.8 Å². The van der Waals surface area contributed by atoms with E-state index in [4.69, 9.17) is 0 Å². The number of nitrogens with one attached hydrogen (secondary N) is 1. The normalized spacial score (nSPS) is 13.4. The van der Waals surface area contributed by atoms with Crippen LogP contribution in [0.2, 0.25) is 0 Å². The molecule has 0 spiro atoms. The van der Waals surface area contributed by atoms with Crippen molar-refractivity contribution in [3.63, 3.8) is 0 Å². The summed E-state index contributed by atoms with van der Waals surface area (Å²) in [6.07, 6.45) is 3.87. The molecular formula is C24H23N3O2. The third kappa shape index (κ3) is 4.35. The highest BCUT2D eigenvalue weighted by molar-refractivity contribution is 6.00. The van der Waals surface area contributed by atoms with Gasteiger partial charge in [-0.1, -0.05) is 60.7 Å². The first-order valence-electron chi connectivity index (χ1n) is 9.90. The third-order valence-electron chi connectivity index (χ3n) is 5.19. The van der Waals surface area contributed by atoms with Crippen LogP contribution in [0.5, 0.6) is 0 Å². The van der Waals surface area contributed by atoms with Gasteiger partial charge < -0.3 is 4.90 Å². The molecule has 0 aliphatic carbocycles. The Bertz CT molecular complexity index is 1070. The Balaban J connectivity index is 1.32. The van der Waals surface area contributed by atoms with Crippen LogP contribution in [0.15, 0.2) is 71.8 Å². The zero-order valence-corrected chi connectivity index (χ0v) is 16.2.